The van der Waals surface area contributed by atoms with Gasteiger partial charge in [0.1, 0.15) is 17.2 Å². The van der Waals surface area contributed by atoms with Crippen LogP contribution in [0.5, 0.6) is 0 Å². The first kappa shape index (κ1) is 26.4. The molecule has 0 aliphatic rings. The summed E-state index contributed by atoms with van der Waals surface area (Å²) in [7, 11) is -2.10. The molecule has 37 heavy (non-hydrogen) atoms. The van der Waals surface area contributed by atoms with Gasteiger partial charge in [0.2, 0.25) is 10.0 Å². The van der Waals surface area contributed by atoms with E-state index in [4.69, 9.17) is 4.42 Å². The third-order valence-electron chi connectivity index (χ3n) is 6.18. The van der Waals surface area contributed by atoms with Crippen LogP contribution >= 0.6 is 0 Å². The zero-order valence-corrected chi connectivity index (χ0v) is 22.0. The largest absolute Gasteiger partial charge is 0.455 e. The van der Waals surface area contributed by atoms with E-state index in [0.717, 1.165) is 18.4 Å². The Morgan fingerprint density at radius 1 is 0.973 bits per heavy atom. The lowest BCUT2D eigenvalue weighted by atomic mass is 9.99. The van der Waals surface area contributed by atoms with Crippen LogP contribution in [0.25, 0.3) is 33.4 Å². The van der Waals surface area contributed by atoms with Crippen LogP contribution in [0, 0.1) is 11.7 Å². The Morgan fingerprint density at radius 2 is 1.68 bits per heavy atom. The first-order valence-electron chi connectivity index (χ1n) is 12.3. The molecule has 2 N–H and O–H groups in total. The van der Waals surface area contributed by atoms with Crippen LogP contribution in [-0.2, 0) is 10.0 Å². The lowest BCUT2D eigenvalue weighted by Gasteiger charge is -2.14. The van der Waals surface area contributed by atoms with Crippen LogP contribution in [0.2, 0.25) is 0 Å². The highest BCUT2D eigenvalue weighted by molar-refractivity contribution is 7.92. The van der Waals surface area contributed by atoms with E-state index >= 15 is 0 Å². The van der Waals surface area contributed by atoms with E-state index in [9.17, 15) is 17.6 Å². The van der Waals surface area contributed by atoms with Crippen molar-refractivity contribution in [3.05, 3.63) is 78.1 Å². The van der Waals surface area contributed by atoms with Gasteiger partial charge in [-0.2, -0.15) is 0 Å². The minimum absolute atomic E-state index is 0.00839. The van der Waals surface area contributed by atoms with Crippen molar-refractivity contribution in [1.82, 2.24) is 5.32 Å². The van der Waals surface area contributed by atoms with Gasteiger partial charge in [0.15, 0.2) is 0 Å². The number of halogens is 1. The summed E-state index contributed by atoms with van der Waals surface area (Å²) in [5.41, 5.74) is 2.94. The van der Waals surface area contributed by atoms with Crippen LogP contribution in [0.4, 0.5) is 10.1 Å². The van der Waals surface area contributed by atoms with Gasteiger partial charge in [-0.1, -0.05) is 57.0 Å². The Kier molecular flexibility index (Phi) is 7.97. The van der Waals surface area contributed by atoms with E-state index in [0.29, 0.717) is 45.7 Å². The SMILES string of the molecule is CNC(=O)c1c(-c2ccc(F)cc2)oc2cc(NS(=O)(=O)CCCCC(C)C)c(-c3ccccc3)cc12. The third kappa shape index (κ3) is 6.20. The maximum atomic E-state index is 13.6. The summed E-state index contributed by atoms with van der Waals surface area (Å²) in [5.74, 6) is 0.0380. The van der Waals surface area contributed by atoms with E-state index in [-0.39, 0.29) is 17.4 Å². The molecule has 8 heteroatoms. The van der Waals surface area contributed by atoms with Gasteiger partial charge in [-0.05, 0) is 48.2 Å². The van der Waals surface area contributed by atoms with E-state index < -0.39 is 15.8 Å². The first-order chi connectivity index (χ1) is 17.7. The fraction of sp³-hybridized carbons (Fsp3) is 0.276. The molecule has 6 nitrogen and oxygen atoms in total. The van der Waals surface area contributed by atoms with E-state index in [1.165, 1.54) is 19.2 Å². The summed E-state index contributed by atoms with van der Waals surface area (Å²) in [5, 5.41) is 3.17. The first-order valence-corrected chi connectivity index (χ1v) is 14.0. The van der Waals surface area contributed by atoms with Gasteiger partial charge < -0.3 is 9.73 Å². The molecule has 0 fully saturated rings. The van der Waals surface area contributed by atoms with E-state index in [2.05, 4.69) is 23.9 Å². The van der Waals surface area contributed by atoms with Crippen molar-refractivity contribution in [2.75, 3.05) is 17.5 Å². The molecule has 0 atom stereocenters. The number of carbonyl (C=O) groups excluding carboxylic acids is 1. The number of amides is 1. The second kappa shape index (κ2) is 11.2. The lowest BCUT2D eigenvalue weighted by molar-refractivity contribution is 0.0964. The molecule has 0 saturated heterocycles. The Hall–Kier alpha value is -3.65. The van der Waals surface area contributed by atoms with Crippen molar-refractivity contribution in [3.8, 4) is 22.5 Å². The zero-order valence-electron chi connectivity index (χ0n) is 21.2. The Bertz CT molecular complexity index is 1490. The molecule has 0 radical (unpaired) electrons. The second-order valence-electron chi connectivity index (χ2n) is 9.46. The normalized spacial score (nSPS) is 11.7. The van der Waals surface area contributed by atoms with Crippen molar-refractivity contribution in [1.29, 1.82) is 0 Å². The molecule has 0 spiro atoms. The molecule has 4 rings (SSSR count). The van der Waals surface area contributed by atoms with Gasteiger partial charge in [0, 0.05) is 29.6 Å². The van der Waals surface area contributed by atoms with Crippen LogP contribution in [0.15, 0.2) is 71.1 Å². The topological polar surface area (TPSA) is 88.4 Å². The van der Waals surface area contributed by atoms with Gasteiger partial charge in [-0.25, -0.2) is 12.8 Å². The molecule has 1 heterocycles. The maximum Gasteiger partial charge on any atom is 0.255 e. The quantitative estimate of drug-likeness (QED) is 0.223. The molecule has 194 valence electrons. The van der Waals surface area contributed by atoms with Gasteiger partial charge in [-0.15, -0.1) is 0 Å². The molecule has 4 aromatic rings. The Morgan fingerprint density at radius 3 is 2.32 bits per heavy atom. The van der Waals surface area contributed by atoms with Crippen LogP contribution in [0.1, 0.15) is 43.5 Å². The molecule has 3 aromatic carbocycles. The number of sulfonamides is 1. The van der Waals surface area contributed by atoms with Crippen molar-refractivity contribution in [2.24, 2.45) is 5.92 Å². The smallest absolute Gasteiger partial charge is 0.255 e. The van der Waals surface area contributed by atoms with Crippen LogP contribution in [0.3, 0.4) is 0 Å². The molecule has 0 aliphatic carbocycles. The summed E-state index contributed by atoms with van der Waals surface area (Å²) in [6, 6.07) is 18.4. The molecular weight excluding hydrogens is 491 g/mol. The molecule has 1 amide bonds. The van der Waals surface area contributed by atoms with Gasteiger partial charge in [0.25, 0.3) is 5.91 Å². The molecule has 0 bridgehead atoms. The number of hydrogen-bond donors (Lipinski definition) is 2. The average molecular weight is 523 g/mol. The fourth-order valence-corrected chi connectivity index (χ4v) is 5.49. The summed E-state index contributed by atoms with van der Waals surface area (Å²) in [6.45, 7) is 4.23. The zero-order chi connectivity index (χ0) is 26.6. The number of nitrogens with one attached hydrogen (secondary N) is 2. The summed E-state index contributed by atoms with van der Waals surface area (Å²) in [4.78, 5) is 12.9. The van der Waals surface area contributed by atoms with Gasteiger partial charge >= 0.3 is 0 Å². The summed E-state index contributed by atoms with van der Waals surface area (Å²) >= 11 is 0. The highest BCUT2D eigenvalue weighted by Crippen LogP contribution is 2.40. The maximum absolute atomic E-state index is 13.6. The fourth-order valence-electron chi connectivity index (χ4n) is 4.30. The lowest BCUT2D eigenvalue weighted by Crippen LogP contribution is -2.18. The van der Waals surface area contributed by atoms with Gasteiger partial charge in [-0.3, -0.25) is 9.52 Å². The number of hydrogen-bond acceptors (Lipinski definition) is 4. The minimum Gasteiger partial charge on any atom is -0.455 e. The number of carbonyl (C=O) groups is 1. The predicted octanol–water partition coefficient (Wildman–Crippen LogP) is 6.83. The monoisotopic (exact) mass is 522 g/mol. The second-order valence-corrected chi connectivity index (χ2v) is 11.3. The molecule has 1 aromatic heterocycles. The van der Waals surface area contributed by atoms with Crippen LogP contribution in [-0.4, -0.2) is 27.1 Å². The summed E-state index contributed by atoms with van der Waals surface area (Å²) in [6.07, 6.45) is 2.36. The Balaban J connectivity index is 1.84. The van der Waals surface area contributed by atoms with Gasteiger partial charge in [0.05, 0.1) is 17.0 Å². The number of anilines is 1. The van der Waals surface area contributed by atoms with Crippen molar-refractivity contribution < 1.29 is 22.0 Å². The third-order valence-corrected chi connectivity index (χ3v) is 7.54. The molecular formula is C29H31FN2O4S. The number of unbranched alkanes of at least 4 members (excludes halogenated alkanes) is 1. The number of fused-ring (bicyclic) bond motifs is 1. The Labute approximate surface area is 216 Å². The highest BCUT2D eigenvalue weighted by Gasteiger charge is 2.24. The number of benzene rings is 3. The number of rotatable bonds is 10. The van der Waals surface area contributed by atoms with E-state index in [1.54, 1.807) is 24.3 Å². The van der Waals surface area contributed by atoms with Crippen molar-refractivity contribution >= 4 is 32.6 Å². The molecule has 0 saturated carbocycles. The van der Waals surface area contributed by atoms with Crippen molar-refractivity contribution in [2.45, 2.75) is 33.1 Å². The van der Waals surface area contributed by atoms with Crippen molar-refractivity contribution in [3.63, 3.8) is 0 Å². The standard InChI is InChI=1S/C29H31FN2O4S/c1-19(2)9-7-8-16-37(34,35)32-25-18-26-24(17-23(25)20-10-5-4-6-11-20)27(29(33)31-3)28(36-26)21-12-14-22(30)15-13-21/h4-6,10-15,17-19,32H,7-9,16H2,1-3H3,(H,31,33). The summed E-state index contributed by atoms with van der Waals surface area (Å²) < 4.78 is 48.4. The molecule has 0 unspecified atom stereocenters. The van der Waals surface area contributed by atoms with Crippen LogP contribution < -0.4 is 10.0 Å². The number of furan rings is 1. The average Bonchev–Trinajstić information content (AvgIpc) is 3.24. The molecule has 0 aliphatic heterocycles. The predicted molar refractivity (Wildman–Crippen MR) is 147 cm³/mol. The van der Waals surface area contributed by atoms with E-state index in [1.807, 2.05) is 30.3 Å². The minimum atomic E-state index is -3.63. The highest BCUT2D eigenvalue weighted by atomic mass is 32.2.